The van der Waals surface area contributed by atoms with Crippen LogP contribution in [-0.2, 0) is 16.3 Å². The Hall–Kier alpha value is -2.34. The standard InChI is InChI=1S/C18H18N2O3S/c21-18(20-15-7-8-24(22,23)11-15)19-14-5-6-17-13(10-14)9-12-3-1-2-4-16(12)17/h1-6,10,15H,7-9,11H2,(H2,19,20,21)/t15-/m1/s1. The Balaban J connectivity index is 1.45. The smallest absolute Gasteiger partial charge is 0.319 e. The van der Waals surface area contributed by atoms with Gasteiger partial charge in [0.15, 0.2) is 9.84 Å². The van der Waals surface area contributed by atoms with Crippen molar-refractivity contribution in [3.63, 3.8) is 0 Å². The number of benzene rings is 2. The summed E-state index contributed by atoms with van der Waals surface area (Å²) in [5, 5.41) is 5.55. The number of carbonyl (C=O) groups is 1. The van der Waals surface area contributed by atoms with E-state index in [2.05, 4.69) is 22.8 Å². The fourth-order valence-corrected chi connectivity index (χ4v) is 5.16. The van der Waals surface area contributed by atoms with Gasteiger partial charge in [0.25, 0.3) is 0 Å². The number of anilines is 1. The maximum Gasteiger partial charge on any atom is 0.319 e. The Bertz CT molecular complexity index is 922. The van der Waals surface area contributed by atoms with E-state index in [1.165, 1.54) is 22.3 Å². The van der Waals surface area contributed by atoms with Gasteiger partial charge in [-0.05, 0) is 47.2 Å². The minimum atomic E-state index is -3.00. The molecule has 0 aromatic heterocycles. The maximum atomic E-state index is 12.1. The Morgan fingerprint density at radius 1 is 1.04 bits per heavy atom. The molecule has 0 saturated carbocycles. The maximum absolute atomic E-state index is 12.1. The molecule has 0 radical (unpaired) electrons. The third kappa shape index (κ3) is 2.89. The Morgan fingerprint density at radius 2 is 1.83 bits per heavy atom. The van der Waals surface area contributed by atoms with E-state index >= 15 is 0 Å². The van der Waals surface area contributed by atoms with Crippen LogP contribution in [0.2, 0.25) is 0 Å². The highest BCUT2D eigenvalue weighted by Crippen LogP contribution is 2.37. The van der Waals surface area contributed by atoms with E-state index in [9.17, 15) is 13.2 Å². The van der Waals surface area contributed by atoms with Crippen LogP contribution in [0.1, 0.15) is 17.5 Å². The van der Waals surface area contributed by atoms with E-state index in [1.54, 1.807) is 0 Å². The number of rotatable bonds is 2. The highest BCUT2D eigenvalue weighted by Gasteiger charge is 2.29. The lowest BCUT2D eigenvalue weighted by Crippen LogP contribution is -2.38. The van der Waals surface area contributed by atoms with Gasteiger partial charge in [-0.1, -0.05) is 30.3 Å². The van der Waals surface area contributed by atoms with Gasteiger partial charge in [0.1, 0.15) is 0 Å². The number of sulfone groups is 1. The molecule has 0 bridgehead atoms. The predicted octanol–water partition coefficient (Wildman–Crippen LogP) is 2.57. The number of fused-ring (bicyclic) bond motifs is 3. The van der Waals surface area contributed by atoms with Gasteiger partial charge in [0.2, 0.25) is 0 Å². The van der Waals surface area contributed by atoms with E-state index in [4.69, 9.17) is 0 Å². The van der Waals surface area contributed by atoms with Crippen molar-refractivity contribution in [3.8, 4) is 11.1 Å². The Kier molecular flexibility index (Phi) is 3.57. The fraction of sp³-hybridized carbons (Fsp3) is 0.278. The van der Waals surface area contributed by atoms with Crippen molar-refractivity contribution in [2.45, 2.75) is 18.9 Å². The molecule has 2 aliphatic rings. The lowest BCUT2D eigenvalue weighted by atomic mass is 10.1. The van der Waals surface area contributed by atoms with Crippen LogP contribution >= 0.6 is 0 Å². The summed E-state index contributed by atoms with van der Waals surface area (Å²) >= 11 is 0. The van der Waals surface area contributed by atoms with Gasteiger partial charge in [-0.25, -0.2) is 13.2 Å². The van der Waals surface area contributed by atoms with Crippen LogP contribution in [-0.4, -0.2) is 32.0 Å². The first-order valence-electron chi connectivity index (χ1n) is 7.99. The van der Waals surface area contributed by atoms with Gasteiger partial charge in [-0.2, -0.15) is 0 Å². The molecular weight excluding hydrogens is 324 g/mol. The molecule has 1 fully saturated rings. The van der Waals surface area contributed by atoms with Crippen LogP contribution < -0.4 is 10.6 Å². The predicted molar refractivity (Wildman–Crippen MR) is 93.9 cm³/mol. The average molecular weight is 342 g/mol. The minimum Gasteiger partial charge on any atom is -0.334 e. The molecule has 5 nitrogen and oxygen atoms in total. The molecule has 124 valence electrons. The van der Waals surface area contributed by atoms with Crippen molar-refractivity contribution in [2.75, 3.05) is 16.8 Å². The molecule has 2 aromatic rings. The van der Waals surface area contributed by atoms with Crippen molar-refractivity contribution >= 4 is 21.6 Å². The third-order valence-corrected chi connectivity index (χ3v) is 6.39. The summed E-state index contributed by atoms with van der Waals surface area (Å²) in [7, 11) is -3.00. The quantitative estimate of drug-likeness (QED) is 0.751. The molecular formula is C18H18N2O3S. The summed E-state index contributed by atoms with van der Waals surface area (Å²) in [4.78, 5) is 12.1. The number of urea groups is 1. The molecule has 1 aliphatic heterocycles. The molecule has 4 rings (SSSR count). The van der Waals surface area contributed by atoms with Crippen LogP contribution in [0.25, 0.3) is 11.1 Å². The first kappa shape index (κ1) is 15.2. The highest BCUT2D eigenvalue weighted by atomic mass is 32.2. The number of amides is 2. The first-order valence-corrected chi connectivity index (χ1v) is 9.81. The van der Waals surface area contributed by atoms with Gasteiger partial charge >= 0.3 is 6.03 Å². The van der Waals surface area contributed by atoms with Crippen LogP contribution in [0.4, 0.5) is 10.5 Å². The van der Waals surface area contributed by atoms with E-state index in [-0.39, 0.29) is 23.6 Å². The van der Waals surface area contributed by atoms with Gasteiger partial charge < -0.3 is 10.6 Å². The molecule has 2 amide bonds. The van der Waals surface area contributed by atoms with E-state index in [1.807, 2.05) is 30.3 Å². The van der Waals surface area contributed by atoms with Gasteiger partial charge in [-0.3, -0.25) is 0 Å². The zero-order valence-electron chi connectivity index (χ0n) is 13.1. The van der Waals surface area contributed by atoms with E-state index in [0.29, 0.717) is 6.42 Å². The van der Waals surface area contributed by atoms with Crippen LogP contribution in [0.15, 0.2) is 42.5 Å². The summed E-state index contributed by atoms with van der Waals surface area (Å²) in [6.45, 7) is 0. The number of carbonyl (C=O) groups excluding carboxylic acids is 1. The monoisotopic (exact) mass is 342 g/mol. The van der Waals surface area contributed by atoms with E-state index < -0.39 is 9.84 Å². The van der Waals surface area contributed by atoms with Crippen molar-refractivity contribution in [1.29, 1.82) is 0 Å². The summed E-state index contributed by atoms with van der Waals surface area (Å²) in [6.07, 6.45) is 1.35. The molecule has 1 atom stereocenters. The Labute approximate surface area is 141 Å². The van der Waals surface area contributed by atoms with Crippen molar-refractivity contribution in [1.82, 2.24) is 5.32 Å². The van der Waals surface area contributed by atoms with Gasteiger partial charge in [0, 0.05) is 11.7 Å². The molecule has 24 heavy (non-hydrogen) atoms. The van der Waals surface area contributed by atoms with Crippen molar-refractivity contribution in [3.05, 3.63) is 53.6 Å². The number of hydrogen-bond donors (Lipinski definition) is 2. The molecule has 1 saturated heterocycles. The first-order chi connectivity index (χ1) is 11.5. The molecule has 1 aliphatic carbocycles. The number of hydrogen-bond acceptors (Lipinski definition) is 3. The van der Waals surface area contributed by atoms with Gasteiger partial charge in [-0.15, -0.1) is 0 Å². The fourth-order valence-electron chi connectivity index (χ4n) is 3.48. The molecule has 2 N–H and O–H groups in total. The van der Waals surface area contributed by atoms with Crippen LogP contribution in [0, 0.1) is 0 Å². The molecule has 2 aromatic carbocycles. The molecule has 0 spiro atoms. The van der Waals surface area contributed by atoms with Crippen LogP contribution in [0.3, 0.4) is 0 Å². The lowest BCUT2D eigenvalue weighted by molar-refractivity contribution is 0.249. The van der Waals surface area contributed by atoms with E-state index in [0.717, 1.165) is 12.1 Å². The molecule has 0 unspecified atom stereocenters. The van der Waals surface area contributed by atoms with Gasteiger partial charge in [0.05, 0.1) is 11.5 Å². The molecule has 1 heterocycles. The zero-order valence-corrected chi connectivity index (χ0v) is 13.9. The second-order valence-electron chi connectivity index (χ2n) is 6.40. The minimum absolute atomic E-state index is 0.0277. The summed E-state index contributed by atoms with van der Waals surface area (Å²) in [5.74, 6) is 0.176. The summed E-state index contributed by atoms with van der Waals surface area (Å²) < 4.78 is 22.9. The average Bonchev–Trinajstić information content (AvgIpc) is 3.06. The highest BCUT2D eigenvalue weighted by molar-refractivity contribution is 7.91. The van der Waals surface area contributed by atoms with Crippen LogP contribution in [0.5, 0.6) is 0 Å². The van der Waals surface area contributed by atoms with Crippen molar-refractivity contribution < 1.29 is 13.2 Å². The zero-order chi connectivity index (χ0) is 16.7. The summed E-state index contributed by atoms with van der Waals surface area (Å²) in [6, 6.07) is 13.5. The van der Waals surface area contributed by atoms with Crippen molar-refractivity contribution in [2.24, 2.45) is 0 Å². The third-order valence-electron chi connectivity index (χ3n) is 4.62. The second-order valence-corrected chi connectivity index (χ2v) is 8.63. The number of nitrogens with one attached hydrogen (secondary N) is 2. The molecule has 6 heteroatoms. The lowest BCUT2D eigenvalue weighted by Gasteiger charge is -2.13. The SMILES string of the molecule is O=C(Nc1ccc2c(c1)Cc1ccccc1-2)N[C@@H]1CCS(=O)(=O)C1. The Morgan fingerprint density at radius 3 is 2.62 bits per heavy atom. The topological polar surface area (TPSA) is 75.3 Å². The second kappa shape index (κ2) is 5.63. The summed E-state index contributed by atoms with van der Waals surface area (Å²) in [5.41, 5.74) is 5.67. The largest absolute Gasteiger partial charge is 0.334 e. The normalized spacial score (nSPS) is 20.2.